The van der Waals surface area contributed by atoms with Crippen molar-refractivity contribution in [1.82, 2.24) is 19.4 Å². The van der Waals surface area contributed by atoms with Crippen LogP contribution in [-0.2, 0) is 24.1 Å². The molecule has 0 spiro atoms. The number of hydrogen-bond acceptors (Lipinski definition) is 5. The summed E-state index contributed by atoms with van der Waals surface area (Å²) in [6.45, 7) is 2.60. The number of piperidine rings is 1. The summed E-state index contributed by atoms with van der Waals surface area (Å²) < 4.78 is 55.2. The van der Waals surface area contributed by atoms with Gasteiger partial charge in [-0.15, -0.1) is 0 Å². The highest BCUT2D eigenvalue weighted by Gasteiger charge is 2.30. The summed E-state index contributed by atoms with van der Waals surface area (Å²) in [7, 11) is 1.71. The van der Waals surface area contributed by atoms with Gasteiger partial charge in [0.15, 0.2) is 5.82 Å². The number of nitrogens with two attached hydrogens (primary N) is 1. The fraction of sp³-hybridized carbons (Fsp3) is 0.435. The lowest BCUT2D eigenvalue weighted by molar-refractivity contribution is -0.137. The van der Waals surface area contributed by atoms with E-state index in [2.05, 4.69) is 9.97 Å². The largest absolute Gasteiger partial charge is 0.416 e. The Bertz CT molecular complexity index is 1150. The van der Waals surface area contributed by atoms with E-state index < -0.39 is 17.6 Å². The molecule has 0 bridgehead atoms. The summed E-state index contributed by atoms with van der Waals surface area (Å²) in [5.74, 6) is -0.113. The van der Waals surface area contributed by atoms with E-state index in [1.807, 2.05) is 4.90 Å². The number of fused-ring (bicyclic) bond motifs is 1. The van der Waals surface area contributed by atoms with E-state index in [0.717, 1.165) is 38.1 Å². The number of anilines is 1. The third-order valence-electron chi connectivity index (χ3n) is 6.19. The molecule has 0 unspecified atom stereocenters. The Morgan fingerprint density at radius 1 is 1.18 bits per heavy atom. The average Bonchev–Trinajstić information content (AvgIpc) is 3.10. The number of aromatic nitrogens is 3. The predicted molar refractivity (Wildman–Crippen MR) is 119 cm³/mol. The predicted octanol–water partition coefficient (Wildman–Crippen LogP) is 3.42. The van der Waals surface area contributed by atoms with E-state index >= 15 is 0 Å². The molecule has 1 saturated heterocycles. The monoisotopic (exact) mass is 478 g/mol. The first-order valence-corrected chi connectivity index (χ1v) is 11.0. The molecule has 3 aromatic rings. The molecule has 2 N–H and O–H groups in total. The summed E-state index contributed by atoms with van der Waals surface area (Å²) in [6.07, 6.45) is 0.116. The van der Waals surface area contributed by atoms with Crippen LogP contribution < -0.4 is 10.6 Å². The van der Waals surface area contributed by atoms with Crippen LogP contribution in [0, 0.1) is 11.7 Å². The lowest BCUT2D eigenvalue weighted by Gasteiger charge is -2.31. The van der Waals surface area contributed by atoms with Crippen LogP contribution in [0.25, 0.3) is 11.0 Å². The van der Waals surface area contributed by atoms with Gasteiger partial charge >= 0.3 is 6.18 Å². The van der Waals surface area contributed by atoms with Crippen molar-refractivity contribution in [3.05, 3.63) is 53.7 Å². The van der Waals surface area contributed by atoms with Gasteiger partial charge in [0, 0.05) is 26.3 Å². The molecule has 4 rings (SSSR count). The number of alkyl halides is 3. The number of carbonyl (C=O) groups excluding carboxylic acids is 1. The smallest absolute Gasteiger partial charge is 0.369 e. The number of carbonyl (C=O) groups is 1. The average molecular weight is 478 g/mol. The number of likely N-dealkylation sites (tertiary alicyclic amines) is 1. The molecule has 0 radical (unpaired) electrons. The van der Waals surface area contributed by atoms with Crippen molar-refractivity contribution in [3.8, 4) is 0 Å². The Balaban J connectivity index is 1.49. The van der Waals surface area contributed by atoms with E-state index in [-0.39, 0.29) is 24.4 Å². The van der Waals surface area contributed by atoms with E-state index in [1.165, 1.54) is 24.7 Å². The second-order valence-corrected chi connectivity index (χ2v) is 8.76. The molecule has 1 fully saturated rings. The topological polar surface area (TPSA) is 80.3 Å². The standard InChI is InChI=1S/C23H26F4N6O/c1-31(10-15-2-4-17(5-3-15)23(25,26)27)21-20-18(24)12-33(22(20)30-14-29-21)11-16-6-8-32(9-7-16)13-19(28)34/h2-5,12,14,16H,6-11,13H2,1H3,(H2,28,34). The summed E-state index contributed by atoms with van der Waals surface area (Å²) in [5.41, 5.74) is 5.67. The van der Waals surface area contributed by atoms with Crippen LogP contribution in [-0.4, -0.2) is 52.0 Å². The Morgan fingerprint density at radius 3 is 2.47 bits per heavy atom. The van der Waals surface area contributed by atoms with E-state index in [0.29, 0.717) is 29.5 Å². The lowest BCUT2D eigenvalue weighted by Crippen LogP contribution is -2.40. The normalized spacial score (nSPS) is 15.7. The third-order valence-corrected chi connectivity index (χ3v) is 6.19. The first kappa shape index (κ1) is 23.9. The van der Waals surface area contributed by atoms with Crippen molar-refractivity contribution < 1.29 is 22.4 Å². The highest BCUT2D eigenvalue weighted by molar-refractivity contribution is 5.88. The van der Waals surface area contributed by atoms with Crippen LogP contribution in [0.2, 0.25) is 0 Å². The summed E-state index contributed by atoms with van der Waals surface area (Å²) in [4.78, 5) is 23.4. The lowest BCUT2D eigenvalue weighted by atomic mass is 9.96. The molecule has 3 heterocycles. The maximum absolute atomic E-state index is 15.0. The van der Waals surface area contributed by atoms with Gasteiger partial charge in [0.1, 0.15) is 17.8 Å². The zero-order valence-electron chi connectivity index (χ0n) is 18.7. The first-order chi connectivity index (χ1) is 16.1. The van der Waals surface area contributed by atoms with Crippen LogP contribution in [0.4, 0.5) is 23.4 Å². The van der Waals surface area contributed by atoms with Gasteiger partial charge in [-0.2, -0.15) is 13.2 Å². The molecule has 182 valence electrons. The number of halogens is 4. The van der Waals surface area contributed by atoms with Gasteiger partial charge in [-0.25, -0.2) is 14.4 Å². The number of nitrogens with zero attached hydrogens (tertiary/aromatic N) is 5. The molecule has 1 aromatic carbocycles. The molecule has 11 heteroatoms. The number of hydrogen-bond donors (Lipinski definition) is 1. The van der Waals surface area contributed by atoms with Gasteiger partial charge in [0.05, 0.1) is 17.5 Å². The summed E-state index contributed by atoms with van der Waals surface area (Å²) >= 11 is 0. The second kappa shape index (κ2) is 9.57. The molecular formula is C23H26F4N6O. The van der Waals surface area contributed by atoms with Crippen LogP contribution in [0.1, 0.15) is 24.0 Å². The number of amides is 1. The van der Waals surface area contributed by atoms with Crippen LogP contribution in [0.5, 0.6) is 0 Å². The molecular weight excluding hydrogens is 452 g/mol. The van der Waals surface area contributed by atoms with E-state index in [1.54, 1.807) is 16.5 Å². The minimum absolute atomic E-state index is 0.246. The minimum atomic E-state index is -4.40. The Labute approximate surface area is 194 Å². The van der Waals surface area contributed by atoms with Crippen molar-refractivity contribution in [1.29, 1.82) is 0 Å². The van der Waals surface area contributed by atoms with Gasteiger partial charge in [0.2, 0.25) is 5.91 Å². The van der Waals surface area contributed by atoms with Gasteiger partial charge < -0.3 is 15.2 Å². The fourth-order valence-electron chi connectivity index (χ4n) is 4.46. The Hall–Kier alpha value is -3.21. The molecule has 34 heavy (non-hydrogen) atoms. The number of rotatable bonds is 7. The summed E-state index contributed by atoms with van der Waals surface area (Å²) in [5, 5.41) is 0.281. The summed E-state index contributed by atoms with van der Waals surface area (Å²) in [6, 6.07) is 4.88. The molecule has 2 aromatic heterocycles. The van der Waals surface area contributed by atoms with Crippen LogP contribution in [0.3, 0.4) is 0 Å². The van der Waals surface area contributed by atoms with Gasteiger partial charge in [-0.05, 0) is 49.5 Å². The van der Waals surface area contributed by atoms with Crippen molar-refractivity contribution in [2.75, 3.05) is 31.6 Å². The van der Waals surface area contributed by atoms with Gasteiger partial charge in [-0.1, -0.05) is 12.1 Å². The highest BCUT2D eigenvalue weighted by atomic mass is 19.4. The number of benzene rings is 1. The van der Waals surface area contributed by atoms with Crippen LogP contribution >= 0.6 is 0 Å². The molecule has 0 saturated carbocycles. The van der Waals surface area contributed by atoms with Crippen molar-refractivity contribution in [2.45, 2.75) is 32.1 Å². The first-order valence-electron chi connectivity index (χ1n) is 11.0. The minimum Gasteiger partial charge on any atom is -0.369 e. The molecule has 0 atom stereocenters. The molecule has 0 aliphatic carbocycles. The van der Waals surface area contributed by atoms with Gasteiger partial charge in [-0.3, -0.25) is 9.69 Å². The SMILES string of the molecule is CN(Cc1ccc(C(F)(F)F)cc1)c1ncnc2c1c(F)cn2CC1CCN(CC(N)=O)CC1. The zero-order chi connectivity index (χ0) is 24.5. The maximum Gasteiger partial charge on any atom is 0.416 e. The van der Waals surface area contributed by atoms with Gasteiger partial charge in [0.25, 0.3) is 0 Å². The van der Waals surface area contributed by atoms with E-state index in [4.69, 9.17) is 5.73 Å². The zero-order valence-corrected chi connectivity index (χ0v) is 18.7. The van der Waals surface area contributed by atoms with Crippen molar-refractivity contribution >= 4 is 22.8 Å². The van der Waals surface area contributed by atoms with Crippen LogP contribution in [0.15, 0.2) is 36.8 Å². The Kier molecular flexibility index (Phi) is 6.74. The quantitative estimate of drug-likeness (QED) is 0.527. The Morgan fingerprint density at radius 2 is 1.85 bits per heavy atom. The second-order valence-electron chi connectivity index (χ2n) is 8.76. The highest BCUT2D eigenvalue weighted by Crippen LogP contribution is 2.31. The fourth-order valence-corrected chi connectivity index (χ4v) is 4.46. The number of primary amides is 1. The molecule has 1 aliphatic rings. The van der Waals surface area contributed by atoms with E-state index in [9.17, 15) is 22.4 Å². The third kappa shape index (κ3) is 5.30. The molecule has 1 aliphatic heterocycles. The molecule has 1 amide bonds. The molecule has 7 nitrogen and oxygen atoms in total. The van der Waals surface area contributed by atoms with Crippen molar-refractivity contribution in [3.63, 3.8) is 0 Å². The van der Waals surface area contributed by atoms with Crippen molar-refractivity contribution in [2.24, 2.45) is 11.7 Å². The maximum atomic E-state index is 15.0.